The SMILES string of the molecule is Cc1cncc(C(C)(C)C)n1. The van der Waals surface area contributed by atoms with Crippen molar-refractivity contribution in [2.24, 2.45) is 0 Å². The largest absolute Gasteiger partial charge is 0.261 e. The monoisotopic (exact) mass is 150 g/mol. The third-order valence-electron chi connectivity index (χ3n) is 1.52. The summed E-state index contributed by atoms with van der Waals surface area (Å²) in [6.07, 6.45) is 3.60. The Morgan fingerprint density at radius 2 is 1.82 bits per heavy atom. The fraction of sp³-hybridized carbons (Fsp3) is 0.556. The van der Waals surface area contributed by atoms with Gasteiger partial charge < -0.3 is 0 Å². The number of rotatable bonds is 0. The fourth-order valence-corrected chi connectivity index (χ4v) is 0.825. The highest BCUT2D eigenvalue weighted by molar-refractivity contribution is 5.10. The average molecular weight is 150 g/mol. The van der Waals surface area contributed by atoms with Crippen LogP contribution in [0.2, 0.25) is 0 Å². The number of nitrogens with zero attached hydrogens (tertiary/aromatic N) is 2. The van der Waals surface area contributed by atoms with E-state index in [4.69, 9.17) is 0 Å². The highest BCUT2D eigenvalue weighted by Gasteiger charge is 2.14. The first kappa shape index (κ1) is 8.18. The Morgan fingerprint density at radius 3 is 2.18 bits per heavy atom. The molecule has 11 heavy (non-hydrogen) atoms. The minimum Gasteiger partial charge on any atom is -0.261 e. The van der Waals surface area contributed by atoms with Crippen LogP contribution in [0.1, 0.15) is 32.2 Å². The van der Waals surface area contributed by atoms with Gasteiger partial charge in [-0.2, -0.15) is 0 Å². The highest BCUT2D eigenvalue weighted by Crippen LogP contribution is 2.18. The first-order valence-corrected chi connectivity index (χ1v) is 3.79. The van der Waals surface area contributed by atoms with Crippen molar-refractivity contribution in [3.05, 3.63) is 23.8 Å². The van der Waals surface area contributed by atoms with E-state index in [0.29, 0.717) is 0 Å². The molecule has 1 rings (SSSR count). The zero-order chi connectivity index (χ0) is 8.48. The Bertz CT molecular complexity index is 248. The molecule has 1 aromatic heterocycles. The predicted molar refractivity (Wildman–Crippen MR) is 45.5 cm³/mol. The lowest BCUT2D eigenvalue weighted by Crippen LogP contribution is -2.14. The fourth-order valence-electron chi connectivity index (χ4n) is 0.825. The summed E-state index contributed by atoms with van der Waals surface area (Å²) in [4.78, 5) is 8.47. The van der Waals surface area contributed by atoms with Crippen LogP contribution in [0.15, 0.2) is 12.4 Å². The molecule has 1 heterocycles. The topological polar surface area (TPSA) is 25.8 Å². The zero-order valence-electron chi connectivity index (χ0n) is 7.55. The van der Waals surface area contributed by atoms with Gasteiger partial charge >= 0.3 is 0 Å². The maximum absolute atomic E-state index is 4.38. The maximum Gasteiger partial charge on any atom is 0.0643 e. The number of hydrogen-bond donors (Lipinski definition) is 0. The van der Waals surface area contributed by atoms with Crippen molar-refractivity contribution in [1.82, 2.24) is 9.97 Å². The van der Waals surface area contributed by atoms with Crippen LogP contribution < -0.4 is 0 Å². The van der Waals surface area contributed by atoms with Crippen molar-refractivity contribution in [2.75, 3.05) is 0 Å². The van der Waals surface area contributed by atoms with Crippen molar-refractivity contribution in [3.63, 3.8) is 0 Å². The van der Waals surface area contributed by atoms with Crippen molar-refractivity contribution < 1.29 is 0 Å². The first-order valence-electron chi connectivity index (χ1n) is 3.79. The van der Waals surface area contributed by atoms with Gasteiger partial charge in [-0.05, 0) is 6.92 Å². The summed E-state index contributed by atoms with van der Waals surface area (Å²) >= 11 is 0. The molecule has 60 valence electrons. The molecule has 0 aliphatic carbocycles. The van der Waals surface area contributed by atoms with Crippen LogP contribution in [0.4, 0.5) is 0 Å². The van der Waals surface area contributed by atoms with Gasteiger partial charge in [0.2, 0.25) is 0 Å². The molecule has 0 aliphatic heterocycles. The minimum absolute atomic E-state index is 0.110. The van der Waals surface area contributed by atoms with Crippen LogP contribution in [-0.2, 0) is 5.41 Å². The second-order valence-corrected chi connectivity index (χ2v) is 3.80. The second-order valence-electron chi connectivity index (χ2n) is 3.80. The summed E-state index contributed by atoms with van der Waals surface area (Å²) in [5.74, 6) is 0. The van der Waals surface area contributed by atoms with E-state index in [1.807, 2.05) is 13.1 Å². The van der Waals surface area contributed by atoms with Crippen LogP contribution >= 0.6 is 0 Å². The minimum atomic E-state index is 0.110. The third-order valence-corrected chi connectivity index (χ3v) is 1.52. The smallest absolute Gasteiger partial charge is 0.0643 e. The number of aryl methyl sites for hydroxylation is 1. The molecule has 0 radical (unpaired) electrons. The molecule has 0 bridgehead atoms. The van der Waals surface area contributed by atoms with Gasteiger partial charge in [-0.25, -0.2) is 0 Å². The van der Waals surface area contributed by atoms with Crippen molar-refractivity contribution in [3.8, 4) is 0 Å². The molecule has 0 atom stereocenters. The van der Waals surface area contributed by atoms with Gasteiger partial charge in [0, 0.05) is 17.8 Å². The van der Waals surface area contributed by atoms with Crippen LogP contribution in [-0.4, -0.2) is 9.97 Å². The van der Waals surface area contributed by atoms with E-state index in [1.165, 1.54) is 0 Å². The van der Waals surface area contributed by atoms with Gasteiger partial charge in [0.1, 0.15) is 0 Å². The van der Waals surface area contributed by atoms with Crippen LogP contribution in [0.25, 0.3) is 0 Å². The van der Waals surface area contributed by atoms with Gasteiger partial charge in [-0.3, -0.25) is 9.97 Å². The normalized spacial score (nSPS) is 11.6. The van der Waals surface area contributed by atoms with Gasteiger partial charge in [-0.1, -0.05) is 20.8 Å². The lowest BCUT2D eigenvalue weighted by Gasteiger charge is -2.16. The Balaban J connectivity index is 3.06. The zero-order valence-corrected chi connectivity index (χ0v) is 7.55. The third kappa shape index (κ3) is 2.00. The average Bonchev–Trinajstić information content (AvgIpc) is 1.86. The van der Waals surface area contributed by atoms with Gasteiger partial charge in [0.25, 0.3) is 0 Å². The second kappa shape index (κ2) is 2.61. The number of hydrogen-bond acceptors (Lipinski definition) is 2. The van der Waals surface area contributed by atoms with Crippen LogP contribution in [0.3, 0.4) is 0 Å². The van der Waals surface area contributed by atoms with Crippen LogP contribution in [0.5, 0.6) is 0 Å². The summed E-state index contributed by atoms with van der Waals surface area (Å²) < 4.78 is 0. The summed E-state index contributed by atoms with van der Waals surface area (Å²) in [5, 5.41) is 0. The molecular weight excluding hydrogens is 136 g/mol. The van der Waals surface area contributed by atoms with E-state index in [2.05, 4.69) is 30.7 Å². The highest BCUT2D eigenvalue weighted by atomic mass is 14.8. The Labute approximate surface area is 67.7 Å². The quantitative estimate of drug-likeness (QED) is 0.566. The van der Waals surface area contributed by atoms with E-state index >= 15 is 0 Å². The van der Waals surface area contributed by atoms with E-state index in [0.717, 1.165) is 11.4 Å². The maximum atomic E-state index is 4.38. The van der Waals surface area contributed by atoms with E-state index < -0.39 is 0 Å². The molecule has 0 amide bonds. The van der Waals surface area contributed by atoms with E-state index in [9.17, 15) is 0 Å². The molecule has 1 aromatic rings. The van der Waals surface area contributed by atoms with Crippen molar-refractivity contribution >= 4 is 0 Å². The van der Waals surface area contributed by atoms with Crippen molar-refractivity contribution in [2.45, 2.75) is 33.1 Å². The van der Waals surface area contributed by atoms with Crippen LogP contribution in [0, 0.1) is 6.92 Å². The molecule has 0 fully saturated rings. The molecule has 0 N–H and O–H groups in total. The molecule has 0 unspecified atom stereocenters. The van der Waals surface area contributed by atoms with Gasteiger partial charge in [-0.15, -0.1) is 0 Å². The molecule has 0 aromatic carbocycles. The summed E-state index contributed by atoms with van der Waals surface area (Å²) in [5.41, 5.74) is 2.15. The lowest BCUT2D eigenvalue weighted by molar-refractivity contribution is 0.563. The van der Waals surface area contributed by atoms with Gasteiger partial charge in [0.05, 0.1) is 11.4 Å². The standard InChI is InChI=1S/C9H14N2/c1-7-5-10-6-8(11-7)9(2,3)4/h5-6H,1-4H3. The Hall–Kier alpha value is -0.920. The lowest BCUT2D eigenvalue weighted by atomic mass is 9.93. The predicted octanol–water partition coefficient (Wildman–Crippen LogP) is 2.08. The van der Waals surface area contributed by atoms with E-state index in [-0.39, 0.29) is 5.41 Å². The molecule has 0 aliphatic rings. The summed E-state index contributed by atoms with van der Waals surface area (Å²) in [6.45, 7) is 8.37. The molecule has 2 nitrogen and oxygen atoms in total. The van der Waals surface area contributed by atoms with Crippen molar-refractivity contribution in [1.29, 1.82) is 0 Å². The molecule has 0 saturated heterocycles. The summed E-state index contributed by atoms with van der Waals surface area (Å²) in [7, 11) is 0. The molecule has 2 heteroatoms. The Morgan fingerprint density at radius 1 is 1.18 bits per heavy atom. The van der Waals surface area contributed by atoms with Gasteiger partial charge in [0.15, 0.2) is 0 Å². The summed E-state index contributed by atoms with van der Waals surface area (Å²) in [6, 6.07) is 0. The molecular formula is C9H14N2. The molecule has 0 saturated carbocycles. The molecule has 0 spiro atoms. The Kier molecular flexibility index (Phi) is 1.94. The first-order chi connectivity index (χ1) is 5.00. The number of aromatic nitrogens is 2. The van der Waals surface area contributed by atoms with E-state index in [1.54, 1.807) is 6.20 Å².